The summed E-state index contributed by atoms with van der Waals surface area (Å²) in [6.45, 7) is 3.34. The van der Waals surface area contributed by atoms with Gasteiger partial charge in [-0.2, -0.15) is 0 Å². The van der Waals surface area contributed by atoms with Crippen LogP contribution in [-0.2, 0) is 9.59 Å². The fourth-order valence-electron chi connectivity index (χ4n) is 3.08. The summed E-state index contributed by atoms with van der Waals surface area (Å²) in [5.74, 6) is -0.0349. The van der Waals surface area contributed by atoms with Crippen molar-refractivity contribution in [2.75, 3.05) is 44.7 Å². The molecular weight excluding hydrogens is 304 g/mol. The molecule has 0 aromatic carbocycles. The van der Waals surface area contributed by atoms with Crippen molar-refractivity contribution in [3.8, 4) is 0 Å². The Morgan fingerprint density at radius 2 is 2.05 bits per heavy atom. The van der Waals surface area contributed by atoms with Gasteiger partial charge < -0.3 is 14.7 Å². The number of nitrogens with zero attached hydrogens (tertiary/aromatic N) is 4. The van der Waals surface area contributed by atoms with E-state index in [1.807, 2.05) is 11.0 Å². The highest BCUT2D eigenvalue weighted by molar-refractivity contribution is 6.33. The van der Waals surface area contributed by atoms with Crippen molar-refractivity contribution in [1.29, 1.82) is 0 Å². The Morgan fingerprint density at radius 3 is 2.64 bits per heavy atom. The molecule has 3 rings (SSSR count). The topological polar surface area (TPSA) is 56.8 Å². The molecule has 1 aromatic heterocycles. The molecule has 0 spiro atoms. The second-order valence-electron chi connectivity index (χ2n) is 5.81. The summed E-state index contributed by atoms with van der Waals surface area (Å²) in [7, 11) is 1.75. The lowest BCUT2D eigenvalue weighted by atomic mass is 10.1. The number of aromatic nitrogens is 1. The second-order valence-corrected chi connectivity index (χ2v) is 6.22. The van der Waals surface area contributed by atoms with Gasteiger partial charge in [0, 0.05) is 58.6 Å². The summed E-state index contributed by atoms with van der Waals surface area (Å²) in [5.41, 5.74) is 0.958. The summed E-state index contributed by atoms with van der Waals surface area (Å²) in [6.07, 6.45) is 3.69. The fourth-order valence-corrected chi connectivity index (χ4v) is 3.32. The minimum Gasteiger partial charge on any atom is -0.367 e. The van der Waals surface area contributed by atoms with Crippen LogP contribution < -0.4 is 4.90 Å². The maximum absolute atomic E-state index is 12.5. The number of carbonyl (C=O) groups excluding carboxylic acids is 2. The fraction of sp³-hybridized carbons (Fsp3) is 0.533. The Kier molecular flexibility index (Phi) is 4.20. The van der Waals surface area contributed by atoms with Gasteiger partial charge in [0.25, 0.3) is 0 Å². The normalized spacial score (nSPS) is 22.4. The van der Waals surface area contributed by atoms with Crippen LogP contribution in [0.25, 0.3) is 0 Å². The summed E-state index contributed by atoms with van der Waals surface area (Å²) in [6, 6.07) is 1.89. The first-order valence-corrected chi connectivity index (χ1v) is 7.81. The molecule has 118 valence electrons. The van der Waals surface area contributed by atoms with E-state index < -0.39 is 0 Å². The third-order valence-electron chi connectivity index (χ3n) is 4.37. The van der Waals surface area contributed by atoms with E-state index in [0.717, 1.165) is 18.8 Å². The van der Waals surface area contributed by atoms with E-state index in [2.05, 4.69) is 9.88 Å². The first-order chi connectivity index (χ1) is 10.6. The lowest BCUT2D eigenvalue weighted by molar-refractivity contribution is -0.136. The van der Waals surface area contributed by atoms with Gasteiger partial charge in [0.2, 0.25) is 11.8 Å². The van der Waals surface area contributed by atoms with Crippen LogP contribution in [0.2, 0.25) is 5.02 Å². The van der Waals surface area contributed by atoms with Crippen molar-refractivity contribution in [2.24, 2.45) is 5.92 Å². The quantitative estimate of drug-likeness (QED) is 0.810. The van der Waals surface area contributed by atoms with Crippen LogP contribution in [0.5, 0.6) is 0 Å². The van der Waals surface area contributed by atoms with Gasteiger partial charge in [0.05, 0.1) is 16.6 Å². The van der Waals surface area contributed by atoms with Crippen LogP contribution in [0.1, 0.15) is 6.42 Å². The molecule has 6 nitrogen and oxygen atoms in total. The number of halogens is 1. The zero-order chi connectivity index (χ0) is 15.7. The molecule has 1 unspecified atom stereocenters. The van der Waals surface area contributed by atoms with Gasteiger partial charge in [-0.05, 0) is 6.07 Å². The number of amides is 2. The third kappa shape index (κ3) is 2.88. The largest absolute Gasteiger partial charge is 0.367 e. The van der Waals surface area contributed by atoms with Gasteiger partial charge in [0.1, 0.15) is 0 Å². The van der Waals surface area contributed by atoms with Gasteiger partial charge in [-0.15, -0.1) is 0 Å². The zero-order valence-corrected chi connectivity index (χ0v) is 13.3. The Balaban J connectivity index is 1.59. The van der Waals surface area contributed by atoms with E-state index in [4.69, 9.17) is 11.6 Å². The average molecular weight is 323 g/mol. The first-order valence-electron chi connectivity index (χ1n) is 7.43. The summed E-state index contributed by atoms with van der Waals surface area (Å²) in [4.78, 5) is 33.7. The standard InChI is InChI=1S/C15H19ClN4O2/c1-18-10-11(8-14(18)21)15(22)20-6-4-19(5-7-20)13-2-3-17-9-12(13)16/h2-3,9,11H,4-8,10H2,1H3. The lowest BCUT2D eigenvalue weighted by Crippen LogP contribution is -2.50. The predicted octanol–water partition coefficient (Wildman–Crippen LogP) is 0.862. The highest BCUT2D eigenvalue weighted by atomic mass is 35.5. The SMILES string of the molecule is CN1CC(C(=O)N2CCN(c3ccncc3Cl)CC2)CC1=O. The maximum atomic E-state index is 12.5. The molecular formula is C15H19ClN4O2. The van der Waals surface area contributed by atoms with Gasteiger partial charge in [-0.1, -0.05) is 11.6 Å². The Morgan fingerprint density at radius 1 is 1.32 bits per heavy atom. The van der Waals surface area contributed by atoms with Crippen molar-refractivity contribution >= 4 is 29.1 Å². The molecule has 0 N–H and O–H groups in total. The minimum atomic E-state index is -0.187. The number of piperazine rings is 1. The van der Waals surface area contributed by atoms with E-state index >= 15 is 0 Å². The molecule has 2 saturated heterocycles. The van der Waals surface area contributed by atoms with Crippen molar-refractivity contribution in [1.82, 2.24) is 14.8 Å². The Bertz CT molecular complexity index is 587. The molecule has 0 bridgehead atoms. The van der Waals surface area contributed by atoms with Crippen molar-refractivity contribution < 1.29 is 9.59 Å². The van der Waals surface area contributed by atoms with Gasteiger partial charge in [-0.3, -0.25) is 14.6 Å². The van der Waals surface area contributed by atoms with Crippen molar-refractivity contribution in [2.45, 2.75) is 6.42 Å². The van der Waals surface area contributed by atoms with E-state index in [1.54, 1.807) is 24.3 Å². The van der Waals surface area contributed by atoms with E-state index in [1.165, 1.54) is 0 Å². The number of rotatable bonds is 2. The molecule has 1 aromatic rings. The van der Waals surface area contributed by atoms with E-state index in [9.17, 15) is 9.59 Å². The molecule has 0 radical (unpaired) electrons. The van der Waals surface area contributed by atoms with Crippen molar-refractivity contribution in [3.05, 3.63) is 23.5 Å². The monoisotopic (exact) mass is 322 g/mol. The van der Waals surface area contributed by atoms with Crippen LogP contribution in [-0.4, -0.2) is 66.4 Å². The maximum Gasteiger partial charge on any atom is 0.228 e. The Labute approximate surface area is 134 Å². The molecule has 22 heavy (non-hydrogen) atoms. The van der Waals surface area contributed by atoms with Crippen LogP contribution in [0.3, 0.4) is 0 Å². The van der Waals surface area contributed by atoms with Crippen LogP contribution >= 0.6 is 11.6 Å². The molecule has 2 aliphatic heterocycles. The molecule has 7 heteroatoms. The van der Waals surface area contributed by atoms with E-state index in [-0.39, 0.29) is 17.7 Å². The van der Waals surface area contributed by atoms with Crippen LogP contribution in [0, 0.1) is 5.92 Å². The number of pyridine rings is 1. The van der Waals surface area contributed by atoms with Gasteiger partial charge >= 0.3 is 0 Å². The third-order valence-corrected chi connectivity index (χ3v) is 4.66. The highest BCUT2D eigenvalue weighted by Gasteiger charge is 2.35. The second kappa shape index (κ2) is 6.12. The van der Waals surface area contributed by atoms with Gasteiger partial charge in [-0.25, -0.2) is 0 Å². The zero-order valence-electron chi connectivity index (χ0n) is 12.5. The Hall–Kier alpha value is -1.82. The molecule has 2 aliphatic rings. The molecule has 3 heterocycles. The summed E-state index contributed by atoms with van der Waals surface area (Å²) in [5, 5.41) is 0.630. The smallest absolute Gasteiger partial charge is 0.228 e. The molecule has 0 aliphatic carbocycles. The number of carbonyl (C=O) groups is 2. The molecule has 2 fully saturated rings. The highest BCUT2D eigenvalue weighted by Crippen LogP contribution is 2.26. The summed E-state index contributed by atoms with van der Waals surface area (Å²) < 4.78 is 0. The predicted molar refractivity (Wildman–Crippen MR) is 83.8 cm³/mol. The number of hydrogen-bond acceptors (Lipinski definition) is 4. The lowest BCUT2D eigenvalue weighted by Gasteiger charge is -2.37. The average Bonchev–Trinajstić information content (AvgIpc) is 2.87. The molecule has 1 atom stereocenters. The van der Waals surface area contributed by atoms with Gasteiger partial charge in [0.15, 0.2) is 0 Å². The van der Waals surface area contributed by atoms with Crippen molar-refractivity contribution in [3.63, 3.8) is 0 Å². The van der Waals surface area contributed by atoms with Crippen LogP contribution in [0.4, 0.5) is 5.69 Å². The molecule has 2 amide bonds. The number of hydrogen-bond donors (Lipinski definition) is 0. The molecule has 0 saturated carbocycles. The number of likely N-dealkylation sites (tertiary alicyclic amines) is 1. The van der Waals surface area contributed by atoms with E-state index in [0.29, 0.717) is 31.1 Å². The first kappa shape index (κ1) is 15.1. The minimum absolute atomic E-state index is 0.0561. The van der Waals surface area contributed by atoms with Crippen LogP contribution in [0.15, 0.2) is 18.5 Å². The summed E-state index contributed by atoms with van der Waals surface area (Å²) >= 11 is 6.16. The number of anilines is 1.